The molecule has 0 fully saturated rings. The maximum Gasteiger partial charge on any atom is 0.173 e. The van der Waals surface area contributed by atoms with Crippen LogP contribution in [0.2, 0.25) is 0 Å². The highest BCUT2D eigenvalue weighted by atomic mass is 16.5. The van der Waals surface area contributed by atoms with Crippen LogP contribution in [0.3, 0.4) is 0 Å². The predicted molar refractivity (Wildman–Crippen MR) is 150 cm³/mol. The molecular formula is C31H48N2O3. The molecule has 2 aromatic rings. The molecule has 0 aliphatic heterocycles. The van der Waals surface area contributed by atoms with Gasteiger partial charge in [-0.3, -0.25) is 4.79 Å². The van der Waals surface area contributed by atoms with Crippen LogP contribution in [0.15, 0.2) is 36.4 Å². The number of Topliss-reactive ketones (excluding diaryl/α,β-unsaturated/α-hetero) is 1. The van der Waals surface area contributed by atoms with E-state index < -0.39 is 11.1 Å². The van der Waals surface area contributed by atoms with Crippen LogP contribution >= 0.6 is 0 Å². The van der Waals surface area contributed by atoms with Crippen molar-refractivity contribution in [3.05, 3.63) is 58.7 Å². The molecule has 4 N–H and O–H groups in total. The second-order valence-corrected chi connectivity index (χ2v) is 11.6. The highest BCUT2D eigenvalue weighted by Gasteiger charge is 2.49. The number of rotatable bonds is 12. The van der Waals surface area contributed by atoms with Gasteiger partial charge < -0.3 is 20.9 Å². The molecule has 0 radical (unpaired) electrons. The second kappa shape index (κ2) is 11.8. The summed E-state index contributed by atoms with van der Waals surface area (Å²) >= 11 is 0. The molecule has 0 saturated carbocycles. The fraction of sp³-hybridized carbons (Fsp3) is 0.581. The molecule has 2 aromatic carbocycles. The molecule has 2 unspecified atom stereocenters. The number of hydrogen-bond acceptors (Lipinski definition) is 5. The molecule has 2 atom stereocenters. The SMILES string of the molecule is Cc1cc(OC(C)C)ccc1CC(N)(C(=O)C(N)(Cc1ccc(OC(C)C)cc1C)C(C)C)C(C)C. The van der Waals surface area contributed by atoms with Crippen molar-refractivity contribution in [2.45, 2.75) is 105 Å². The molecule has 0 aliphatic rings. The van der Waals surface area contributed by atoms with Crippen LogP contribution in [0, 0.1) is 25.7 Å². The van der Waals surface area contributed by atoms with Gasteiger partial charge in [-0.15, -0.1) is 0 Å². The number of ether oxygens (including phenoxy) is 2. The second-order valence-electron chi connectivity index (χ2n) is 11.6. The van der Waals surface area contributed by atoms with Gasteiger partial charge in [0, 0.05) is 0 Å². The normalized spacial score (nSPS) is 15.3. The van der Waals surface area contributed by atoms with E-state index in [2.05, 4.69) is 0 Å². The Labute approximate surface area is 218 Å². The van der Waals surface area contributed by atoms with Gasteiger partial charge in [0.25, 0.3) is 0 Å². The zero-order valence-electron chi connectivity index (χ0n) is 24.1. The summed E-state index contributed by atoms with van der Waals surface area (Å²) in [5.41, 5.74) is 16.0. The number of nitrogens with two attached hydrogens (primary N) is 2. The predicted octanol–water partition coefficient (Wildman–Crippen LogP) is 5.94. The van der Waals surface area contributed by atoms with E-state index in [1.165, 1.54) is 0 Å². The third-order valence-electron chi connectivity index (χ3n) is 7.24. The standard InChI is InChI=1S/C31H48N2O3/c1-19(2)30(32,17-25-11-13-27(15-23(25)9)35-21(5)6)29(34)31(33,20(3)4)18-26-12-14-28(16-24(26)10)36-22(7)8/h11-16,19-22H,17-18,32-33H2,1-10H3. The fourth-order valence-electron chi connectivity index (χ4n) is 4.58. The molecule has 5 nitrogen and oxygen atoms in total. The van der Waals surface area contributed by atoms with Gasteiger partial charge in [0.05, 0.1) is 23.3 Å². The first-order valence-electron chi connectivity index (χ1n) is 13.2. The Morgan fingerprint density at radius 2 is 1.03 bits per heavy atom. The maximum atomic E-state index is 14.3. The van der Waals surface area contributed by atoms with Crippen LogP contribution in [0.5, 0.6) is 11.5 Å². The summed E-state index contributed by atoms with van der Waals surface area (Å²) in [6.45, 7) is 20.1. The van der Waals surface area contributed by atoms with Gasteiger partial charge in [0.2, 0.25) is 0 Å². The summed E-state index contributed by atoms with van der Waals surface area (Å²) in [6.07, 6.45) is 1.03. The summed E-state index contributed by atoms with van der Waals surface area (Å²) in [7, 11) is 0. The minimum atomic E-state index is -1.11. The van der Waals surface area contributed by atoms with Crippen LogP contribution < -0.4 is 20.9 Å². The fourth-order valence-corrected chi connectivity index (χ4v) is 4.58. The largest absolute Gasteiger partial charge is 0.491 e. The van der Waals surface area contributed by atoms with E-state index >= 15 is 0 Å². The van der Waals surface area contributed by atoms with E-state index in [0.717, 1.165) is 33.8 Å². The Balaban J connectivity index is 2.42. The Morgan fingerprint density at radius 1 is 0.694 bits per heavy atom. The molecule has 0 spiro atoms. The Morgan fingerprint density at radius 3 is 1.28 bits per heavy atom. The number of carbonyl (C=O) groups is 1. The first-order chi connectivity index (χ1) is 16.6. The number of carbonyl (C=O) groups excluding carboxylic acids is 1. The van der Waals surface area contributed by atoms with E-state index in [-0.39, 0.29) is 29.8 Å². The van der Waals surface area contributed by atoms with Gasteiger partial charge in [-0.05, 0) is 113 Å². The first-order valence-corrected chi connectivity index (χ1v) is 13.2. The summed E-state index contributed by atoms with van der Waals surface area (Å²) < 4.78 is 11.7. The first kappa shape index (κ1) is 29.9. The van der Waals surface area contributed by atoms with Crippen LogP contribution in [-0.2, 0) is 17.6 Å². The van der Waals surface area contributed by atoms with Crippen molar-refractivity contribution in [3.8, 4) is 11.5 Å². The molecule has 0 aliphatic carbocycles. The lowest BCUT2D eigenvalue weighted by Crippen LogP contribution is -2.68. The topological polar surface area (TPSA) is 87.6 Å². The molecular weight excluding hydrogens is 448 g/mol. The Kier molecular flexibility index (Phi) is 9.77. The summed E-state index contributed by atoms with van der Waals surface area (Å²) in [5.74, 6) is 1.35. The summed E-state index contributed by atoms with van der Waals surface area (Å²) in [6, 6.07) is 12.0. The van der Waals surface area contributed by atoms with Crippen molar-refractivity contribution >= 4 is 5.78 Å². The van der Waals surface area contributed by atoms with E-state index in [1.807, 2.05) is 106 Å². The van der Waals surface area contributed by atoms with Crippen LogP contribution in [0.4, 0.5) is 0 Å². The number of benzene rings is 2. The third-order valence-corrected chi connectivity index (χ3v) is 7.24. The Bertz CT molecular complexity index is 963. The lowest BCUT2D eigenvalue weighted by atomic mass is 9.66. The van der Waals surface area contributed by atoms with E-state index in [9.17, 15) is 4.79 Å². The van der Waals surface area contributed by atoms with Crippen molar-refractivity contribution in [1.29, 1.82) is 0 Å². The van der Waals surface area contributed by atoms with Crippen molar-refractivity contribution in [1.82, 2.24) is 0 Å². The zero-order valence-corrected chi connectivity index (χ0v) is 24.1. The monoisotopic (exact) mass is 496 g/mol. The lowest BCUT2D eigenvalue weighted by molar-refractivity contribution is -0.132. The molecule has 36 heavy (non-hydrogen) atoms. The average molecular weight is 497 g/mol. The van der Waals surface area contributed by atoms with E-state index in [1.54, 1.807) is 0 Å². The van der Waals surface area contributed by atoms with Crippen molar-refractivity contribution in [3.63, 3.8) is 0 Å². The highest BCUT2D eigenvalue weighted by molar-refractivity contribution is 5.97. The third kappa shape index (κ3) is 6.89. The van der Waals surface area contributed by atoms with Gasteiger partial charge in [-0.1, -0.05) is 39.8 Å². The van der Waals surface area contributed by atoms with Gasteiger partial charge in [0.1, 0.15) is 11.5 Å². The molecule has 2 rings (SSSR count). The van der Waals surface area contributed by atoms with E-state index in [0.29, 0.717) is 12.8 Å². The van der Waals surface area contributed by atoms with Crippen LogP contribution in [0.25, 0.3) is 0 Å². The number of aryl methyl sites for hydroxylation is 2. The van der Waals surface area contributed by atoms with Crippen molar-refractivity contribution < 1.29 is 14.3 Å². The minimum Gasteiger partial charge on any atom is -0.491 e. The smallest absolute Gasteiger partial charge is 0.173 e. The lowest BCUT2D eigenvalue weighted by Gasteiger charge is -2.43. The molecule has 200 valence electrons. The van der Waals surface area contributed by atoms with E-state index in [4.69, 9.17) is 20.9 Å². The van der Waals surface area contributed by atoms with Crippen molar-refractivity contribution in [2.24, 2.45) is 23.3 Å². The highest BCUT2D eigenvalue weighted by Crippen LogP contribution is 2.33. The van der Waals surface area contributed by atoms with Crippen LogP contribution in [0.1, 0.15) is 77.6 Å². The number of ketones is 1. The molecule has 0 aromatic heterocycles. The van der Waals surface area contributed by atoms with Gasteiger partial charge in [0.15, 0.2) is 5.78 Å². The van der Waals surface area contributed by atoms with Crippen molar-refractivity contribution in [2.75, 3.05) is 0 Å². The molecule has 0 amide bonds. The Hall–Kier alpha value is -2.37. The van der Waals surface area contributed by atoms with Gasteiger partial charge >= 0.3 is 0 Å². The molecule has 5 heteroatoms. The molecule has 0 bridgehead atoms. The van der Waals surface area contributed by atoms with Crippen LogP contribution in [-0.4, -0.2) is 29.1 Å². The zero-order chi connectivity index (χ0) is 27.4. The summed E-state index contributed by atoms with van der Waals surface area (Å²) in [5, 5.41) is 0. The average Bonchev–Trinajstić information content (AvgIpc) is 2.75. The quantitative estimate of drug-likeness (QED) is 0.380. The molecule has 0 saturated heterocycles. The molecule has 0 heterocycles. The maximum absolute atomic E-state index is 14.3. The number of hydrogen-bond donors (Lipinski definition) is 2. The van der Waals surface area contributed by atoms with Gasteiger partial charge in [-0.25, -0.2) is 0 Å². The minimum absolute atomic E-state index is 0.0937. The summed E-state index contributed by atoms with van der Waals surface area (Å²) in [4.78, 5) is 14.3. The van der Waals surface area contributed by atoms with Gasteiger partial charge in [-0.2, -0.15) is 0 Å².